The Hall–Kier alpha value is -5.53. The van der Waals surface area contributed by atoms with Gasteiger partial charge >= 0.3 is 12.1 Å². The summed E-state index contributed by atoms with van der Waals surface area (Å²) in [5.41, 5.74) is 4.11. The molecule has 48 heavy (non-hydrogen) atoms. The van der Waals surface area contributed by atoms with Crippen molar-refractivity contribution in [2.24, 2.45) is 5.92 Å². The lowest BCUT2D eigenvalue weighted by molar-refractivity contribution is -0.192. The minimum absolute atomic E-state index is 0.0617. The van der Waals surface area contributed by atoms with Crippen LogP contribution in [-0.4, -0.2) is 67.5 Å². The van der Waals surface area contributed by atoms with Crippen LogP contribution in [-0.2, 0) is 16.1 Å². The Balaban J connectivity index is 0.000000671. The Morgan fingerprint density at radius 3 is 2.15 bits per heavy atom. The SMILES string of the molecule is COc1cc(Nc2nccc(N3CCC[C@H](C(=O)NCc4ccc(-c5ccccc5)cc4)C3)n2)cc(OC)c1OC.O=C(O)C(F)(F)F. The predicted octanol–water partition coefficient (Wildman–Crippen LogP) is 6.08. The van der Waals surface area contributed by atoms with E-state index in [2.05, 4.69) is 56.9 Å². The van der Waals surface area contributed by atoms with Gasteiger partial charge in [-0.1, -0.05) is 54.6 Å². The first-order chi connectivity index (χ1) is 23.0. The molecule has 0 saturated carbocycles. The summed E-state index contributed by atoms with van der Waals surface area (Å²) in [5, 5.41) is 13.5. The highest BCUT2D eigenvalue weighted by molar-refractivity contribution is 5.79. The Morgan fingerprint density at radius 2 is 1.56 bits per heavy atom. The molecular weight excluding hydrogens is 631 g/mol. The maximum absolute atomic E-state index is 13.1. The third-order valence-corrected chi connectivity index (χ3v) is 7.45. The third-order valence-electron chi connectivity index (χ3n) is 7.45. The number of benzene rings is 3. The number of carbonyl (C=O) groups excluding carboxylic acids is 1. The van der Waals surface area contributed by atoms with E-state index >= 15 is 0 Å². The molecule has 2 heterocycles. The summed E-state index contributed by atoms with van der Waals surface area (Å²) >= 11 is 0. The first-order valence-corrected chi connectivity index (χ1v) is 14.9. The zero-order valence-corrected chi connectivity index (χ0v) is 26.6. The average molecular weight is 668 g/mol. The summed E-state index contributed by atoms with van der Waals surface area (Å²) in [4.78, 5) is 33.2. The molecule has 0 aliphatic carbocycles. The summed E-state index contributed by atoms with van der Waals surface area (Å²) in [6.45, 7) is 1.92. The van der Waals surface area contributed by atoms with Gasteiger partial charge in [0.25, 0.3) is 0 Å². The minimum atomic E-state index is -5.08. The number of carbonyl (C=O) groups is 2. The molecule has 14 heteroatoms. The second kappa shape index (κ2) is 16.3. The number of ether oxygens (including phenoxy) is 3. The lowest BCUT2D eigenvalue weighted by Gasteiger charge is -2.33. The number of hydrogen-bond acceptors (Lipinski definition) is 9. The van der Waals surface area contributed by atoms with Crippen molar-refractivity contribution >= 4 is 29.3 Å². The number of anilines is 3. The van der Waals surface area contributed by atoms with Crippen LogP contribution in [0, 0.1) is 5.92 Å². The minimum Gasteiger partial charge on any atom is -0.493 e. The molecular formula is C34H36F3N5O6. The number of aromatic nitrogens is 2. The molecule has 1 aliphatic rings. The largest absolute Gasteiger partial charge is 0.493 e. The Labute approximate surface area is 275 Å². The Morgan fingerprint density at radius 1 is 0.938 bits per heavy atom. The molecule has 0 unspecified atom stereocenters. The molecule has 1 fully saturated rings. The normalized spacial score (nSPS) is 14.2. The van der Waals surface area contributed by atoms with Crippen molar-refractivity contribution in [2.45, 2.75) is 25.6 Å². The molecule has 1 aliphatic heterocycles. The highest BCUT2D eigenvalue weighted by Crippen LogP contribution is 2.40. The maximum atomic E-state index is 13.1. The van der Waals surface area contributed by atoms with E-state index in [4.69, 9.17) is 29.1 Å². The number of carboxylic acid groups (broad SMARTS) is 1. The molecule has 11 nitrogen and oxygen atoms in total. The lowest BCUT2D eigenvalue weighted by atomic mass is 9.97. The van der Waals surface area contributed by atoms with Gasteiger partial charge in [-0.15, -0.1) is 0 Å². The molecule has 4 aromatic rings. The van der Waals surface area contributed by atoms with Crippen LogP contribution in [0.4, 0.5) is 30.6 Å². The van der Waals surface area contributed by atoms with Crippen molar-refractivity contribution in [3.8, 4) is 28.4 Å². The fraction of sp³-hybridized carbons (Fsp3) is 0.294. The number of alkyl halides is 3. The molecule has 0 radical (unpaired) electrons. The molecule has 1 amide bonds. The van der Waals surface area contributed by atoms with Crippen LogP contribution >= 0.6 is 0 Å². The van der Waals surface area contributed by atoms with Crippen LogP contribution in [0.2, 0.25) is 0 Å². The first kappa shape index (κ1) is 35.3. The van der Waals surface area contributed by atoms with Crippen molar-refractivity contribution in [1.82, 2.24) is 15.3 Å². The second-order valence-corrected chi connectivity index (χ2v) is 10.6. The highest BCUT2D eigenvalue weighted by Gasteiger charge is 2.38. The van der Waals surface area contributed by atoms with Gasteiger partial charge in [-0.2, -0.15) is 18.2 Å². The topological polar surface area (TPSA) is 135 Å². The molecule has 1 aromatic heterocycles. The average Bonchev–Trinajstić information content (AvgIpc) is 3.10. The van der Waals surface area contributed by atoms with Crippen LogP contribution in [0.15, 0.2) is 79.0 Å². The number of piperidine rings is 1. The number of amides is 1. The Bertz CT molecular complexity index is 1650. The van der Waals surface area contributed by atoms with Crippen molar-refractivity contribution in [3.05, 3.63) is 84.6 Å². The summed E-state index contributed by atoms with van der Waals surface area (Å²) in [6, 6.07) is 24.1. The van der Waals surface area contributed by atoms with Crippen LogP contribution in [0.5, 0.6) is 17.2 Å². The molecule has 5 rings (SSSR count). The van der Waals surface area contributed by atoms with E-state index in [9.17, 15) is 18.0 Å². The van der Waals surface area contributed by atoms with Gasteiger partial charge < -0.3 is 34.9 Å². The lowest BCUT2D eigenvalue weighted by Crippen LogP contribution is -2.43. The Kier molecular flexibility index (Phi) is 12.0. The first-order valence-electron chi connectivity index (χ1n) is 14.9. The van der Waals surface area contributed by atoms with Gasteiger partial charge in [0.05, 0.1) is 27.2 Å². The van der Waals surface area contributed by atoms with Gasteiger partial charge in [0, 0.05) is 43.7 Å². The van der Waals surface area contributed by atoms with Crippen molar-refractivity contribution in [3.63, 3.8) is 0 Å². The quantitative estimate of drug-likeness (QED) is 0.183. The second-order valence-electron chi connectivity index (χ2n) is 10.6. The number of halogens is 3. The van der Waals surface area contributed by atoms with Crippen LogP contribution < -0.4 is 29.7 Å². The summed E-state index contributed by atoms with van der Waals surface area (Å²) in [6.07, 6.45) is -1.62. The monoisotopic (exact) mass is 667 g/mol. The van der Waals surface area contributed by atoms with Gasteiger partial charge in [0.2, 0.25) is 17.6 Å². The van der Waals surface area contributed by atoms with Crippen molar-refractivity contribution < 1.29 is 42.1 Å². The predicted molar refractivity (Wildman–Crippen MR) is 174 cm³/mol. The van der Waals surface area contributed by atoms with E-state index in [1.54, 1.807) is 39.7 Å². The number of rotatable bonds is 10. The van der Waals surface area contributed by atoms with Crippen LogP contribution in [0.25, 0.3) is 11.1 Å². The van der Waals surface area contributed by atoms with Crippen molar-refractivity contribution in [2.75, 3.05) is 44.6 Å². The fourth-order valence-electron chi connectivity index (χ4n) is 5.05. The van der Waals surface area contributed by atoms with E-state index in [0.717, 1.165) is 36.3 Å². The molecule has 0 spiro atoms. The smallest absolute Gasteiger partial charge is 0.490 e. The van der Waals surface area contributed by atoms with Gasteiger partial charge in [-0.3, -0.25) is 4.79 Å². The van der Waals surface area contributed by atoms with E-state index < -0.39 is 12.1 Å². The molecule has 0 bridgehead atoms. The molecule has 254 valence electrons. The summed E-state index contributed by atoms with van der Waals surface area (Å²) < 4.78 is 48.0. The molecule has 1 saturated heterocycles. The third kappa shape index (κ3) is 9.50. The number of methoxy groups -OCH3 is 3. The number of aliphatic carboxylic acids is 1. The van der Waals surface area contributed by atoms with Crippen molar-refractivity contribution in [1.29, 1.82) is 0 Å². The number of hydrogen-bond donors (Lipinski definition) is 3. The zero-order valence-electron chi connectivity index (χ0n) is 26.6. The van der Waals surface area contributed by atoms with Gasteiger partial charge in [-0.05, 0) is 35.6 Å². The molecule has 3 aromatic carbocycles. The number of carboxylic acids is 1. The summed E-state index contributed by atoms with van der Waals surface area (Å²) in [5.74, 6) is -0.0404. The van der Waals surface area contributed by atoms with Gasteiger partial charge in [0.15, 0.2) is 11.5 Å². The van der Waals surface area contributed by atoms with E-state index in [1.807, 2.05) is 24.3 Å². The number of nitrogens with zero attached hydrogens (tertiary/aromatic N) is 3. The van der Waals surface area contributed by atoms with E-state index in [-0.39, 0.29) is 11.8 Å². The fourth-order valence-corrected chi connectivity index (χ4v) is 5.05. The van der Waals surface area contributed by atoms with Crippen LogP contribution in [0.1, 0.15) is 18.4 Å². The number of nitrogens with one attached hydrogen (secondary N) is 2. The van der Waals surface area contributed by atoms with E-state index in [1.165, 1.54) is 5.56 Å². The maximum Gasteiger partial charge on any atom is 0.490 e. The van der Waals surface area contributed by atoms with E-state index in [0.29, 0.717) is 42.0 Å². The molecule has 3 N–H and O–H groups in total. The van der Waals surface area contributed by atoms with Gasteiger partial charge in [-0.25, -0.2) is 9.78 Å². The summed E-state index contributed by atoms with van der Waals surface area (Å²) in [7, 11) is 4.71. The molecule has 1 atom stereocenters. The highest BCUT2D eigenvalue weighted by atomic mass is 19.4. The standard InChI is InChI=1S/C32H35N5O4.C2HF3O2/c1-39-27-18-26(19-28(40-2)30(27)41-3)35-32-33-16-15-29(36-32)37-17-7-10-25(21-37)31(38)34-20-22-11-13-24(14-12-22)23-8-5-4-6-9-23;3-2(4,5)1(6)7/h4-6,8-9,11-16,18-19,25H,7,10,17,20-21H2,1-3H3,(H,34,38)(H,33,35,36);(H,6,7)/t25-;/m0./s1. The van der Waals surface area contributed by atoms with Crippen LogP contribution in [0.3, 0.4) is 0 Å². The van der Waals surface area contributed by atoms with Gasteiger partial charge in [0.1, 0.15) is 5.82 Å². The zero-order chi connectivity index (χ0) is 34.7.